The second-order valence-corrected chi connectivity index (χ2v) is 8.45. The van der Waals surface area contributed by atoms with E-state index in [1.165, 1.54) is 24.3 Å². The summed E-state index contributed by atoms with van der Waals surface area (Å²) in [5, 5.41) is 5.75. The lowest BCUT2D eigenvalue weighted by Gasteiger charge is -2.33. The van der Waals surface area contributed by atoms with Crippen LogP contribution in [0.15, 0.2) is 46.8 Å². The van der Waals surface area contributed by atoms with Crippen LogP contribution in [0, 0.1) is 5.92 Å². The molecule has 2 aromatic rings. The van der Waals surface area contributed by atoms with E-state index in [-0.39, 0.29) is 0 Å². The monoisotopic (exact) mass is 400 g/mol. The van der Waals surface area contributed by atoms with Crippen LogP contribution in [0.1, 0.15) is 23.3 Å². The number of methoxy groups -OCH3 is 1. The van der Waals surface area contributed by atoms with E-state index in [0.29, 0.717) is 5.92 Å². The quantitative estimate of drug-likeness (QED) is 0.569. The molecular formula is C22H32N4OS. The molecule has 1 unspecified atom stereocenters. The molecule has 1 aromatic heterocycles. The molecule has 28 heavy (non-hydrogen) atoms. The van der Waals surface area contributed by atoms with Gasteiger partial charge in [-0.25, -0.2) is 0 Å². The van der Waals surface area contributed by atoms with E-state index in [0.717, 1.165) is 43.5 Å². The number of hydrogen-bond acceptors (Lipinski definition) is 4. The van der Waals surface area contributed by atoms with Gasteiger partial charge in [-0.2, -0.15) is 0 Å². The minimum Gasteiger partial charge on any atom is -0.496 e. The Morgan fingerprint density at radius 3 is 2.93 bits per heavy atom. The van der Waals surface area contributed by atoms with E-state index < -0.39 is 0 Å². The molecule has 6 heteroatoms. The summed E-state index contributed by atoms with van der Waals surface area (Å²) >= 11 is 1.85. The Morgan fingerprint density at radius 2 is 2.18 bits per heavy atom. The highest BCUT2D eigenvalue weighted by atomic mass is 32.1. The Kier molecular flexibility index (Phi) is 7.74. The Bertz CT molecular complexity index is 747. The number of hydrogen-bond donors (Lipinski definition) is 1. The molecule has 0 spiro atoms. The van der Waals surface area contributed by atoms with Crippen LogP contribution in [0.25, 0.3) is 0 Å². The summed E-state index contributed by atoms with van der Waals surface area (Å²) in [6.07, 6.45) is 2.55. The van der Waals surface area contributed by atoms with Gasteiger partial charge in [0.1, 0.15) is 5.75 Å². The second kappa shape index (κ2) is 10.5. The molecule has 1 fully saturated rings. The number of piperidine rings is 1. The molecule has 1 N–H and O–H groups in total. The summed E-state index contributed by atoms with van der Waals surface area (Å²) in [7, 11) is 5.65. The number of para-hydroxylation sites is 1. The SMILES string of the molecule is CN=C(NCC1CCCN(Cc2cccs2)C1)N(C)Cc1ccccc1OC. The highest BCUT2D eigenvalue weighted by Gasteiger charge is 2.21. The van der Waals surface area contributed by atoms with Gasteiger partial charge in [0.15, 0.2) is 5.96 Å². The molecule has 1 aliphatic rings. The van der Waals surface area contributed by atoms with Crippen LogP contribution in [0.5, 0.6) is 5.75 Å². The Balaban J connectivity index is 1.50. The van der Waals surface area contributed by atoms with Crippen LogP contribution in [-0.4, -0.2) is 56.6 Å². The van der Waals surface area contributed by atoms with Crippen molar-refractivity contribution in [2.24, 2.45) is 10.9 Å². The molecule has 2 heterocycles. The average molecular weight is 401 g/mol. The number of nitrogens with one attached hydrogen (secondary N) is 1. The topological polar surface area (TPSA) is 40.1 Å². The van der Waals surface area contributed by atoms with Gasteiger partial charge in [0.05, 0.1) is 7.11 Å². The third-order valence-electron chi connectivity index (χ3n) is 5.28. The highest BCUT2D eigenvalue weighted by Crippen LogP contribution is 2.21. The molecule has 0 bridgehead atoms. The van der Waals surface area contributed by atoms with Gasteiger partial charge in [-0.05, 0) is 42.8 Å². The molecule has 1 aromatic carbocycles. The van der Waals surface area contributed by atoms with Gasteiger partial charge in [-0.15, -0.1) is 11.3 Å². The number of thiophene rings is 1. The van der Waals surface area contributed by atoms with Crippen LogP contribution in [-0.2, 0) is 13.1 Å². The Morgan fingerprint density at radius 1 is 1.32 bits per heavy atom. The summed E-state index contributed by atoms with van der Waals surface area (Å²) in [6, 6.07) is 12.5. The Labute approximate surface area is 173 Å². The highest BCUT2D eigenvalue weighted by molar-refractivity contribution is 7.09. The van der Waals surface area contributed by atoms with Crippen LogP contribution in [0.3, 0.4) is 0 Å². The van der Waals surface area contributed by atoms with E-state index in [9.17, 15) is 0 Å². The first-order chi connectivity index (χ1) is 13.7. The van der Waals surface area contributed by atoms with E-state index in [4.69, 9.17) is 4.74 Å². The molecule has 0 aliphatic carbocycles. The summed E-state index contributed by atoms with van der Waals surface area (Å²) in [6.45, 7) is 5.16. The first-order valence-corrected chi connectivity index (χ1v) is 10.9. The zero-order valence-corrected chi connectivity index (χ0v) is 18.0. The van der Waals surface area contributed by atoms with Crippen LogP contribution >= 0.6 is 11.3 Å². The number of guanidine groups is 1. The first kappa shape index (κ1) is 20.7. The Hall–Kier alpha value is -2.05. The maximum Gasteiger partial charge on any atom is 0.193 e. The predicted octanol–water partition coefficient (Wildman–Crippen LogP) is 3.68. The fourth-order valence-corrected chi connectivity index (χ4v) is 4.61. The van der Waals surface area contributed by atoms with Crippen molar-refractivity contribution in [3.8, 4) is 5.75 Å². The van der Waals surface area contributed by atoms with Crippen molar-refractivity contribution in [2.75, 3.05) is 40.8 Å². The molecule has 0 saturated carbocycles. The fourth-order valence-electron chi connectivity index (χ4n) is 3.87. The standard InChI is InChI=1S/C22H32N4OS/c1-23-22(25(2)16-19-9-4-5-11-21(19)27-3)24-14-18-8-6-12-26(15-18)17-20-10-7-13-28-20/h4-5,7,9-11,13,18H,6,8,12,14-17H2,1-3H3,(H,23,24). The molecular weight excluding hydrogens is 368 g/mol. The van der Waals surface area contributed by atoms with Crippen molar-refractivity contribution in [1.29, 1.82) is 0 Å². The number of benzene rings is 1. The largest absolute Gasteiger partial charge is 0.496 e. The van der Waals surface area contributed by atoms with Crippen molar-refractivity contribution in [1.82, 2.24) is 15.1 Å². The number of likely N-dealkylation sites (tertiary alicyclic amines) is 1. The van der Waals surface area contributed by atoms with Gasteiger partial charge in [0.25, 0.3) is 0 Å². The van der Waals surface area contributed by atoms with Crippen molar-refractivity contribution >= 4 is 17.3 Å². The maximum atomic E-state index is 5.48. The number of nitrogens with zero attached hydrogens (tertiary/aromatic N) is 3. The van der Waals surface area contributed by atoms with Gasteiger partial charge < -0.3 is 15.0 Å². The lowest BCUT2D eigenvalue weighted by atomic mass is 9.98. The molecule has 152 valence electrons. The van der Waals surface area contributed by atoms with Crippen molar-refractivity contribution in [3.63, 3.8) is 0 Å². The summed E-state index contributed by atoms with van der Waals surface area (Å²) in [5.41, 5.74) is 1.16. The van der Waals surface area contributed by atoms with E-state index in [2.05, 4.69) is 50.7 Å². The van der Waals surface area contributed by atoms with E-state index in [1.54, 1.807) is 7.11 Å². The molecule has 1 saturated heterocycles. The van der Waals surface area contributed by atoms with E-state index in [1.807, 2.05) is 36.6 Å². The van der Waals surface area contributed by atoms with Crippen molar-refractivity contribution in [2.45, 2.75) is 25.9 Å². The van der Waals surface area contributed by atoms with E-state index >= 15 is 0 Å². The zero-order chi connectivity index (χ0) is 19.8. The number of aliphatic imine (C=N–C) groups is 1. The molecule has 5 nitrogen and oxygen atoms in total. The minimum absolute atomic E-state index is 0.658. The molecule has 0 radical (unpaired) electrons. The smallest absolute Gasteiger partial charge is 0.193 e. The molecule has 0 amide bonds. The van der Waals surface area contributed by atoms with Gasteiger partial charge in [0, 0.05) is 50.7 Å². The predicted molar refractivity (Wildman–Crippen MR) is 118 cm³/mol. The van der Waals surface area contributed by atoms with Crippen molar-refractivity contribution < 1.29 is 4.74 Å². The minimum atomic E-state index is 0.658. The van der Waals surface area contributed by atoms with Gasteiger partial charge in [-0.3, -0.25) is 9.89 Å². The third kappa shape index (κ3) is 5.72. The van der Waals surface area contributed by atoms with Gasteiger partial charge >= 0.3 is 0 Å². The lowest BCUT2D eigenvalue weighted by molar-refractivity contribution is 0.169. The van der Waals surface area contributed by atoms with Gasteiger partial charge in [-0.1, -0.05) is 24.3 Å². The molecule has 3 rings (SSSR count). The summed E-state index contributed by atoms with van der Waals surface area (Å²) in [5.74, 6) is 2.51. The maximum absolute atomic E-state index is 5.48. The lowest BCUT2D eigenvalue weighted by Crippen LogP contribution is -2.44. The normalized spacial score (nSPS) is 18.1. The third-order valence-corrected chi connectivity index (χ3v) is 6.15. The fraction of sp³-hybridized carbons (Fsp3) is 0.500. The number of ether oxygens (including phenoxy) is 1. The first-order valence-electron chi connectivity index (χ1n) is 9.98. The number of rotatable bonds is 7. The molecule has 1 aliphatic heterocycles. The summed E-state index contributed by atoms with van der Waals surface area (Å²) < 4.78 is 5.48. The molecule has 1 atom stereocenters. The van der Waals surface area contributed by atoms with Crippen LogP contribution < -0.4 is 10.1 Å². The van der Waals surface area contributed by atoms with Crippen LogP contribution in [0.4, 0.5) is 0 Å². The summed E-state index contributed by atoms with van der Waals surface area (Å²) in [4.78, 5) is 10.7. The van der Waals surface area contributed by atoms with Crippen molar-refractivity contribution in [3.05, 3.63) is 52.2 Å². The average Bonchev–Trinajstić information content (AvgIpc) is 3.22. The van der Waals surface area contributed by atoms with Crippen LogP contribution in [0.2, 0.25) is 0 Å². The zero-order valence-electron chi connectivity index (χ0n) is 17.2. The van der Waals surface area contributed by atoms with Gasteiger partial charge in [0.2, 0.25) is 0 Å². The second-order valence-electron chi connectivity index (χ2n) is 7.42.